The molecular formula is C23H24FN3O3. The van der Waals surface area contributed by atoms with Gasteiger partial charge in [-0.3, -0.25) is 4.79 Å². The highest BCUT2D eigenvalue weighted by Crippen LogP contribution is 2.24. The van der Waals surface area contributed by atoms with E-state index in [4.69, 9.17) is 9.26 Å². The number of aromatic nitrogens is 2. The van der Waals surface area contributed by atoms with Gasteiger partial charge in [0.2, 0.25) is 11.7 Å². The molecule has 1 saturated heterocycles. The van der Waals surface area contributed by atoms with Crippen molar-refractivity contribution in [2.24, 2.45) is 5.92 Å². The second kappa shape index (κ2) is 9.07. The van der Waals surface area contributed by atoms with Crippen LogP contribution in [0.3, 0.4) is 0 Å². The maximum absolute atomic E-state index is 13.9. The molecule has 1 unspecified atom stereocenters. The number of piperidine rings is 1. The van der Waals surface area contributed by atoms with Gasteiger partial charge in [-0.25, -0.2) is 4.39 Å². The summed E-state index contributed by atoms with van der Waals surface area (Å²) in [5.41, 5.74) is 0.974. The minimum Gasteiger partial charge on any atom is -0.494 e. The summed E-state index contributed by atoms with van der Waals surface area (Å²) >= 11 is 0. The highest BCUT2D eigenvalue weighted by molar-refractivity contribution is 5.94. The number of ether oxygens (including phenoxy) is 1. The van der Waals surface area contributed by atoms with Crippen LogP contribution in [0.15, 0.2) is 53.1 Å². The monoisotopic (exact) mass is 409 g/mol. The molecule has 2 aromatic carbocycles. The molecule has 1 amide bonds. The van der Waals surface area contributed by atoms with Gasteiger partial charge < -0.3 is 14.2 Å². The number of halogens is 1. The lowest BCUT2D eigenvalue weighted by Gasteiger charge is -2.32. The molecule has 0 N–H and O–H groups in total. The lowest BCUT2D eigenvalue weighted by atomic mass is 9.94. The summed E-state index contributed by atoms with van der Waals surface area (Å²) < 4.78 is 24.7. The van der Waals surface area contributed by atoms with Crippen molar-refractivity contribution in [1.29, 1.82) is 0 Å². The summed E-state index contributed by atoms with van der Waals surface area (Å²) in [6.07, 6.45) is 2.46. The van der Waals surface area contributed by atoms with Crippen molar-refractivity contribution >= 4 is 5.91 Å². The van der Waals surface area contributed by atoms with Gasteiger partial charge in [0.1, 0.15) is 11.6 Å². The number of hydrogen-bond donors (Lipinski definition) is 0. The van der Waals surface area contributed by atoms with Crippen LogP contribution in [0.2, 0.25) is 0 Å². The van der Waals surface area contributed by atoms with E-state index in [-0.39, 0.29) is 23.5 Å². The molecule has 3 aromatic rings. The van der Waals surface area contributed by atoms with Crippen LogP contribution >= 0.6 is 0 Å². The summed E-state index contributed by atoms with van der Waals surface area (Å²) in [5, 5.41) is 3.92. The highest BCUT2D eigenvalue weighted by Gasteiger charge is 2.26. The summed E-state index contributed by atoms with van der Waals surface area (Å²) in [6.45, 7) is 3.88. The van der Waals surface area contributed by atoms with Gasteiger partial charge in [0.05, 0.1) is 12.2 Å². The van der Waals surface area contributed by atoms with E-state index in [9.17, 15) is 9.18 Å². The summed E-state index contributed by atoms with van der Waals surface area (Å²) in [4.78, 5) is 19.1. The van der Waals surface area contributed by atoms with Gasteiger partial charge >= 0.3 is 0 Å². The molecular weight excluding hydrogens is 385 g/mol. The molecule has 1 aliphatic heterocycles. The Morgan fingerprint density at radius 3 is 2.80 bits per heavy atom. The fourth-order valence-electron chi connectivity index (χ4n) is 3.80. The van der Waals surface area contributed by atoms with Crippen LogP contribution in [-0.2, 0) is 6.42 Å². The summed E-state index contributed by atoms with van der Waals surface area (Å²) in [5.74, 6) is 1.33. The largest absolute Gasteiger partial charge is 0.494 e. The smallest absolute Gasteiger partial charge is 0.253 e. The average Bonchev–Trinajstić information content (AvgIpc) is 3.23. The van der Waals surface area contributed by atoms with Crippen LogP contribution in [0.5, 0.6) is 5.75 Å². The topological polar surface area (TPSA) is 68.5 Å². The zero-order valence-electron chi connectivity index (χ0n) is 16.9. The number of amides is 1. The van der Waals surface area contributed by atoms with E-state index in [1.807, 2.05) is 24.0 Å². The number of nitrogens with zero attached hydrogens (tertiary/aromatic N) is 3. The van der Waals surface area contributed by atoms with Crippen LogP contribution in [0, 0.1) is 11.7 Å². The Balaban J connectivity index is 1.39. The van der Waals surface area contributed by atoms with Crippen molar-refractivity contribution in [2.45, 2.75) is 26.2 Å². The molecule has 1 aliphatic rings. The Bertz CT molecular complexity index is 1000. The molecule has 0 radical (unpaired) electrons. The minimum absolute atomic E-state index is 0.0142. The highest BCUT2D eigenvalue weighted by atomic mass is 19.1. The second-order valence-electron chi connectivity index (χ2n) is 7.41. The average molecular weight is 409 g/mol. The zero-order valence-corrected chi connectivity index (χ0v) is 16.9. The Kier molecular flexibility index (Phi) is 6.07. The van der Waals surface area contributed by atoms with E-state index in [2.05, 4.69) is 10.1 Å². The van der Waals surface area contributed by atoms with Gasteiger partial charge in [-0.1, -0.05) is 17.3 Å². The fraction of sp³-hybridized carbons (Fsp3) is 0.348. The maximum atomic E-state index is 13.9. The van der Waals surface area contributed by atoms with Crippen LogP contribution in [0.4, 0.5) is 4.39 Å². The molecule has 0 spiro atoms. The lowest BCUT2D eigenvalue weighted by molar-refractivity contribution is 0.0668. The summed E-state index contributed by atoms with van der Waals surface area (Å²) in [7, 11) is 0. The Labute approximate surface area is 174 Å². The third-order valence-corrected chi connectivity index (χ3v) is 5.26. The van der Waals surface area contributed by atoms with Crippen molar-refractivity contribution in [3.05, 3.63) is 65.8 Å². The number of carbonyl (C=O) groups is 1. The molecule has 7 heteroatoms. The molecule has 30 heavy (non-hydrogen) atoms. The van der Waals surface area contributed by atoms with Gasteiger partial charge in [0.15, 0.2) is 0 Å². The number of likely N-dealkylation sites (tertiary alicyclic amines) is 1. The molecule has 0 bridgehead atoms. The third-order valence-electron chi connectivity index (χ3n) is 5.26. The molecule has 0 saturated carbocycles. The number of carbonyl (C=O) groups excluding carboxylic acids is 1. The van der Waals surface area contributed by atoms with E-state index in [1.165, 1.54) is 6.07 Å². The van der Waals surface area contributed by atoms with Crippen LogP contribution in [0.25, 0.3) is 11.4 Å². The first kappa shape index (κ1) is 20.1. The van der Waals surface area contributed by atoms with Crippen molar-refractivity contribution in [2.75, 3.05) is 19.7 Å². The molecule has 1 atom stereocenters. The first-order valence-electron chi connectivity index (χ1n) is 10.2. The van der Waals surface area contributed by atoms with E-state index >= 15 is 0 Å². The predicted octanol–water partition coefficient (Wildman–Crippen LogP) is 4.37. The standard InChI is InChI=1S/C23H24FN3O3/c1-2-29-18-11-9-17(10-12-18)23(28)27-13-5-6-16(15-27)14-21-25-22(26-30-21)19-7-3-4-8-20(19)24/h3-4,7-12,16H,2,5-6,13-15H2,1H3. The van der Waals surface area contributed by atoms with Gasteiger partial charge in [-0.15, -0.1) is 0 Å². The van der Waals surface area contributed by atoms with Crippen LogP contribution < -0.4 is 4.74 Å². The molecule has 1 aromatic heterocycles. The first-order chi connectivity index (χ1) is 14.6. The maximum Gasteiger partial charge on any atom is 0.253 e. The predicted molar refractivity (Wildman–Crippen MR) is 110 cm³/mol. The van der Waals surface area contributed by atoms with Crippen molar-refractivity contribution in [3.63, 3.8) is 0 Å². The van der Waals surface area contributed by atoms with Crippen LogP contribution in [-0.4, -0.2) is 40.6 Å². The normalized spacial score (nSPS) is 16.5. The SMILES string of the molecule is CCOc1ccc(C(=O)N2CCCC(Cc3nc(-c4ccccc4F)no3)C2)cc1. The van der Waals surface area contributed by atoms with E-state index in [0.717, 1.165) is 25.1 Å². The Hall–Kier alpha value is -3.22. The van der Waals surface area contributed by atoms with Crippen molar-refractivity contribution in [1.82, 2.24) is 15.0 Å². The Morgan fingerprint density at radius 1 is 1.23 bits per heavy atom. The van der Waals surface area contributed by atoms with E-state index < -0.39 is 0 Å². The van der Waals surface area contributed by atoms with Crippen LogP contribution in [0.1, 0.15) is 36.0 Å². The van der Waals surface area contributed by atoms with Gasteiger partial charge in [-0.2, -0.15) is 4.98 Å². The molecule has 1 fully saturated rings. The van der Waals surface area contributed by atoms with Gasteiger partial charge in [0.25, 0.3) is 5.91 Å². The molecule has 0 aliphatic carbocycles. The number of rotatable bonds is 6. The van der Waals surface area contributed by atoms with E-state index in [1.54, 1.807) is 30.3 Å². The number of hydrogen-bond acceptors (Lipinski definition) is 5. The molecule has 156 valence electrons. The molecule has 4 rings (SSSR count). The van der Waals surface area contributed by atoms with Gasteiger partial charge in [-0.05, 0) is 62.1 Å². The zero-order chi connectivity index (χ0) is 20.9. The Morgan fingerprint density at radius 2 is 2.03 bits per heavy atom. The molecule has 6 nitrogen and oxygen atoms in total. The fourth-order valence-corrected chi connectivity index (χ4v) is 3.80. The quantitative estimate of drug-likeness (QED) is 0.605. The lowest BCUT2D eigenvalue weighted by Crippen LogP contribution is -2.40. The number of benzene rings is 2. The van der Waals surface area contributed by atoms with Gasteiger partial charge in [0, 0.05) is 25.1 Å². The van der Waals surface area contributed by atoms with E-state index in [0.29, 0.717) is 36.6 Å². The summed E-state index contributed by atoms with van der Waals surface area (Å²) in [6, 6.07) is 13.6. The van der Waals surface area contributed by atoms with Crippen molar-refractivity contribution in [3.8, 4) is 17.1 Å². The third kappa shape index (κ3) is 4.50. The second-order valence-corrected chi connectivity index (χ2v) is 7.41. The first-order valence-corrected chi connectivity index (χ1v) is 10.2. The molecule has 2 heterocycles. The van der Waals surface area contributed by atoms with Crippen molar-refractivity contribution < 1.29 is 18.4 Å². The minimum atomic E-state index is -0.380.